The average molecular weight is 256 g/mol. The first-order valence-corrected chi connectivity index (χ1v) is 7.23. The van der Waals surface area contributed by atoms with Crippen molar-refractivity contribution in [2.45, 2.75) is 52.0 Å². The number of anilines is 1. The minimum Gasteiger partial charge on any atom is -0.351 e. The van der Waals surface area contributed by atoms with Gasteiger partial charge in [-0.3, -0.25) is 0 Å². The summed E-state index contributed by atoms with van der Waals surface area (Å²) in [7, 11) is 0. The van der Waals surface area contributed by atoms with E-state index in [-0.39, 0.29) is 0 Å². The summed E-state index contributed by atoms with van der Waals surface area (Å²) >= 11 is 0. The van der Waals surface area contributed by atoms with Gasteiger partial charge in [-0.2, -0.15) is 10.4 Å². The van der Waals surface area contributed by atoms with E-state index in [1.807, 2.05) is 13.8 Å². The topological polar surface area (TPSA) is 52.8 Å². The Kier molecular flexibility index (Phi) is 3.14. The first-order valence-electron chi connectivity index (χ1n) is 7.23. The highest BCUT2D eigenvalue weighted by Crippen LogP contribution is 2.39. The summed E-state index contributed by atoms with van der Waals surface area (Å²) in [6.07, 6.45) is 6.48. The van der Waals surface area contributed by atoms with Crippen molar-refractivity contribution in [2.24, 2.45) is 5.92 Å². The van der Waals surface area contributed by atoms with Crippen LogP contribution in [0.1, 0.15) is 48.9 Å². The van der Waals surface area contributed by atoms with Gasteiger partial charge < -0.3 is 4.90 Å². The number of hydrogen-bond donors (Lipinski definition) is 0. The lowest BCUT2D eigenvalue weighted by atomic mass is 9.85. The van der Waals surface area contributed by atoms with Crippen LogP contribution in [-0.4, -0.2) is 22.8 Å². The minimum atomic E-state index is 0.581. The fourth-order valence-corrected chi connectivity index (χ4v) is 3.60. The Balaban J connectivity index is 1.99. The van der Waals surface area contributed by atoms with Crippen molar-refractivity contribution in [2.75, 3.05) is 11.4 Å². The predicted octanol–water partition coefficient (Wildman–Crippen LogP) is 2.73. The molecule has 0 radical (unpaired) electrons. The molecule has 2 atom stereocenters. The molecular weight excluding hydrogens is 236 g/mol. The van der Waals surface area contributed by atoms with Crippen LogP contribution in [0.5, 0.6) is 0 Å². The molecule has 19 heavy (non-hydrogen) atoms. The third-order valence-electron chi connectivity index (χ3n) is 4.83. The van der Waals surface area contributed by atoms with Crippen molar-refractivity contribution < 1.29 is 0 Å². The van der Waals surface area contributed by atoms with Gasteiger partial charge in [0.15, 0.2) is 5.82 Å². The zero-order chi connectivity index (χ0) is 13.4. The van der Waals surface area contributed by atoms with E-state index in [1.165, 1.54) is 32.1 Å². The van der Waals surface area contributed by atoms with Crippen LogP contribution in [-0.2, 0) is 0 Å². The largest absolute Gasteiger partial charge is 0.351 e. The molecule has 4 nitrogen and oxygen atoms in total. The highest BCUT2D eigenvalue weighted by Gasteiger charge is 2.37. The Labute approximate surface area is 114 Å². The Morgan fingerprint density at radius 3 is 2.74 bits per heavy atom. The fourth-order valence-electron chi connectivity index (χ4n) is 3.60. The normalized spacial score (nSPS) is 26.1. The zero-order valence-corrected chi connectivity index (χ0v) is 11.7. The summed E-state index contributed by atoms with van der Waals surface area (Å²) in [6, 6.07) is 2.91. The Hall–Kier alpha value is -1.63. The number of hydrogen-bond acceptors (Lipinski definition) is 4. The number of rotatable bonds is 1. The molecule has 2 fully saturated rings. The van der Waals surface area contributed by atoms with Gasteiger partial charge in [-0.25, -0.2) is 0 Å². The molecule has 1 aromatic rings. The van der Waals surface area contributed by atoms with Crippen molar-refractivity contribution in [3.8, 4) is 6.07 Å². The molecule has 1 saturated carbocycles. The van der Waals surface area contributed by atoms with Gasteiger partial charge in [0.05, 0.1) is 5.69 Å². The maximum atomic E-state index is 9.44. The lowest BCUT2D eigenvalue weighted by Gasteiger charge is -2.32. The van der Waals surface area contributed by atoms with Gasteiger partial charge in [0.25, 0.3) is 0 Å². The van der Waals surface area contributed by atoms with E-state index in [0.29, 0.717) is 6.04 Å². The van der Waals surface area contributed by atoms with Crippen molar-refractivity contribution in [3.63, 3.8) is 0 Å². The van der Waals surface area contributed by atoms with Gasteiger partial charge >= 0.3 is 0 Å². The van der Waals surface area contributed by atoms with Gasteiger partial charge in [-0.15, -0.1) is 5.10 Å². The highest BCUT2D eigenvalue weighted by atomic mass is 15.3. The molecule has 0 spiro atoms. The molecule has 4 heteroatoms. The molecule has 100 valence electrons. The van der Waals surface area contributed by atoms with Gasteiger partial charge in [0.1, 0.15) is 11.6 Å². The predicted molar refractivity (Wildman–Crippen MR) is 73.9 cm³/mol. The average Bonchev–Trinajstić information content (AvgIpc) is 2.85. The molecule has 0 amide bonds. The fraction of sp³-hybridized carbons (Fsp3) is 0.667. The highest BCUT2D eigenvalue weighted by molar-refractivity contribution is 5.58. The lowest BCUT2D eigenvalue weighted by Crippen LogP contribution is -2.36. The molecule has 1 aromatic heterocycles. The first kappa shape index (κ1) is 12.4. The van der Waals surface area contributed by atoms with Crippen LogP contribution in [0.4, 0.5) is 5.82 Å². The zero-order valence-electron chi connectivity index (χ0n) is 11.7. The number of nitriles is 1. The minimum absolute atomic E-state index is 0.581. The number of fused-ring (bicyclic) bond motifs is 1. The van der Waals surface area contributed by atoms with Gasteiger partial charge in [-0.1, -0.05) is 12.8 Å². The Bertz CT molecular complexity index is 532. The second-order valence-corrected chi connectivity index (χ2v) is 5.81. The van der Waals surface area contributed by atoms with E-state index in [1.54, 1.807) is 0 Å². The first-order chi connectivity index (χ1) is 9.22. The maximum Gasteiger partial charge on any atom is 0.169 e. The van der Waals surface area contributed by atoms with E-state index in [4.69, 9.17) is 0 Å². The van der Waals surface area contributed by atoms with Crippen molar-refractivity contribution in [1.29, 1.82) is 5.26 Å². The lowest BCUT2D eigenvalue weighted by molar-refractivity contribution is 0.341. The molecule has 0 bridgehead atoms. The van der Waals surface area contributed by atoms with Crippen LogP contribution in [0.2, 0.25) is 0 Å². The van der Waals surface area contributed by atoms with Crippen molar-refractivity contribution in [3.05, 3.63) is 16.8 Å². The molecule has 3 rings (SSSR count). The van der Waals surface area contributed by atoms with Crippen LogP contribution in [0.3, 0.4) is 0 Å². The maximum absolute atomic E-state index is 9.44. The molecule has 1 aliphatic carbocycles. The summed E-state index contributed by atoms with van der Waals surface area (Å²) in [5.74, 6) is 1.61. The van der Waals surface area contributed by atoms with E-state index >= 15 is 0 Å². The molecule has 2 heterocycles. The molecular formula is C15H20N4. The second-order valence-electron chi connectivity index (χ2n) is 5.81. The van der Waals surface area contributed by atoms with Crippen LogP contribution in [0.25, 0.3) is 0 Å². The Morgan fingerprint density at radius 1 is 1.16 bits per heavy atom. The smallest absolute Gasteiger partial charge is 0.169 e. The third-order valence-corrected chi connectivity index (χ3v) is 4.83. The second kappa shape index (κ2) is 4.80. The quantitative estimate of drug-likeness (QED) is 0.775. The van der Waals surface area contributed by atoms with Crippen molar-refractivity contribution in [1.82, 2.24) is 10.2 Å². The van der Waals surface area contributed by atoms with Gasteiger partial charge in [-0.05, 0) is 44.6 Å². The molecule has 0 N–H and O–H groups in total. The monoisotopic (exact) mass is 256 g/mol. The third kappa shape index (κ3) is 1.98. The summed E-state index contributed by atoms with van der Waals surface area (Å²) < 4.78 is 0. The van der Waals surface area contributed by atoms with Crippen molar-refractivity contribution >= 4 is 5.82 Å². The van der Waals surface area contributed by atoms with Gasteiger partial charge in [0.2, 0.25) is 0 Å². The van der Waals surface area contributed by atoms with Crippen LogP contribution >= 0.6 is 0 Å². The molecule has 0 aromatic carbocycles. The summed E-state index contributed by atoms with van der Waals surface area (Å²) in [4.78, 5) is 2.35. The standard InChI is InChI=1S/C15H20N4/c1-10-11(2)17-18-15(13(10)9-16)19-8-7-12-5-3-4-6-14(12)19/h12,14H,3-8H2,1-2H3. The van der Waals surface area contributed by atoms with E-state index in [0.717, 1.165) is 35.1 Å². The van der Waals surface area contributed by atoms with E-state index in [2.05, 4.69) is 21.2 Å². The summed E-state index contributed by atoms with van der Waals surface area (Å²) in [6.45, 7) is 4.92. The molecule has 1 saturated heterocycles. The number of nitrogens with zero attached hydrogens (tertiary/aromatic N) is 4. The van der Waals surface area contributed by atoms with Crippen LogP contribution in [0.15, 0.2) is 0 Å². The molecule has 2 aliphatic rings. The van der Waals surface area contributed by atoms with Crippen LogP contribution < -0.4 is 4.90 Å². The van der Waals surface area contributed by atoms with E-state index in [9.17, 15) is 5.26 Å². The molecule has 1 aliphatic heterocycles. The summed E-state index contributed by atoms with van der Waals surface area (Å²) in [5.41, 5.74) is 2.56. The SMILES string of the molecule is Cc1nnc(N2CCC3CCCCC32)c(C#N)c1C. The summed E-state index contributed by atoms with van der Waals surface area (Å²) in [5, 5.41) is 18.0. The number of aromatic nitrogens is 2. The van der Waals surface area contributed by atoms with E-state index < -0.39 is 0 Å². The molecule has 2 unspecified atom stereocenters. The van der Waals surface area contributed by atoms with Crippen LogP contribution in [0, 0.1) is 31.1 Å². The van der Waals surface area contributed by atoms with Gasteiger partial charge in [0, 0.05) is 12.6 Å². The number of aryl methyl sites for hydroxylation is 1. The Morgan fingerprint density at radius 2 is 1.95 bits per heavy atom.